The Morgan fingerprint density at radius 3 is 2.44 bits per heavy atom. The molecular weight excluding hydrogens is 279 g/mol. The number of nitrogens with one attached hydrogen (secondary N) is 1. The van der Waals surface area contributed by atoms with Gasteiger partial charge in [0.05, 0.1) is 18.8 Å². The van der Waals surface area contributed by atoms with Gasteiger partial charge in [-0.1, -0.05) is 0 Å². The van der Waals surface area contributed by atoms with E-state index in [-0.39, 0.29) is 6.61 Å². The second kappa shape index (κ2) is 6.90. The SMILES string of the molecule is CCOC(=O)CCS(=O)(=O)NCC(O)C(F)(F)F. The van der Waals surface area contributed by atoms with Crippen LogP contribution >= 0.6 is 0 Å². The van der Waals surface area contributed by atoms with Crippen LogP contribution in [-0.2, 0) is 19.6 Å². The lowest BCUT2D eigenvalue weighted by molar-refractivity contribution is -0.200. The molecule has 0 amide bonds. The molecule has 0 radical (unpaired) electrons. The fourth-order valence-electron chi connectivity index (χ4n) is 0.845. The molecule has 1 unspecified atom stereocenters. The number of esters is 1. The Morgan fingerprint density at radius 2 is 2.00 bits per heavy atom. The Bertz CT molecular complexity index is 367. The number of ether oxygens (including phenoxy) is 1. The topological polar surface area (TPSA) is 92.7 Å². The molecule has 2 N–H and O–H groups in total. The molecule has 0 aliphatic carbocycles. The number of alkyl halides is 3. The summed E-state index contributed by atoms with van der Waals surface area (Å²) >= 11 is 0. The van der Waals surface area contributed by atoms with E-state index in [0.717, 1.165) is 0 Å². The average molecular weight is 293 g/mol. The Morgan fingerprint density at radius 1 is 1.44 bits per heavy atom. The quantitative estimate of drug-likeness (QED) is 0.633. The predicted molar refractivity (Wildman–Crippen MR) is 55.1 cm³/mol. The van der Waals surface area contributed by atoms with E-state index in [9.17, 15) is 26.4 Å². The summed E-state index contributed by atoms with van der Waals surface area (Å²) < 4.78 is 64.0. The van der Waals surface area contributed by atoms with E-state index in [2.05, 4.69) is 4.74 Å². The molecule has 108 valence electrons. The first kappa shape index (κ1) is 17.1. The molecule has 10 heteroatoms. The van der Waals surface area contributed by atoms with Crippen LogP contribution in [0.25, 0.3) is 0 Å². The summed E-state index contributed by atoms with van der Waals surface area (Å²) in [6.07, 6.45) is -8.15. The molecule has 0 fully saturated rings. The van der Waals surface area contributed by atoms with Crippen LogP contribution in [0, 0.1) is 0 Å². The van der Waals surface area contributed by atoms with Gasteiger partial charge in [0, 0.05) is 6.54 Å². The second-order valence-corrected chi connectivity index (χ2v) is 5.21. The van der Waals surface area contributed by atoms with Crippen LogP contribution in [0.2, 0.25) is 0 Å². The number of aliphatic hydroxyl groups is 1. The fourth-order valence-corrected chi connectivity index (χ4v) is 1.84. The van der Waals surface area contributed by atoms with Crippen molar-refractivity contribution in [2.45, 2.75) is 25.6 Å². The van der Waals surface area contributed by atoms with E-state index in [0.29, 0.717) is 0 Å². The summed E-state index contributed by atoms with van der Waals surface area (Å²) in [6, 6.07) is 0. The first-order valence-electron chi connectivity index (χ1n) is 4.96. The van der Waals surface area contributed by atoms with Crippen molar-refractivity contribution in [1.82, 2.24) is 4.72 Å². The number of aliphatic hydroxyl groups excluding tert-OH is 1. The summed E-state index contributed by atoms with van der Waals surface area (Å²) in [6.45, 7) is 0.429. The number of hydrogen-bond acceptors (Lipinski definition) is 5. The molecule has 0 saturated heterocycles. The lowest BCUT2D eigenvalue weighted by atomic mass is 10.4. The average Bonchev–Trinajstić information content (AvgIpc) is 2.22. The van der Waals surface area contributed by atoms with Crippen molar-refractivity contribution >= 4 is 16.0 Å². The molecule has 0 aromatic heterocycles. The van der Waals surface area contributed by atoms with Gasteiger partial charge in [0.15, 0.2) is 6.10 Å². The second-order valence-electron chi connectivity index (χ2n) is 3.28. The lowest BCUT2D eigenvalue weighted by Gasteiger charge is -2.14. The Balaban J connectivity index is 4.13. The maximum atomic E-state index is 11.9. The number of carbonyl (C=O) groups is 1. The number of rotatable bonds is 7. The monoisotopic (exact) mass is 293 g/mol. The first-order chi connectivity index (χ1) is 8.08. The highest BCUT2D eigenvalue weighted by Crippen LogP contribution is 2.19. The first-order valence-corrected chi connectivity index (χ1v) is 6.61. The highest BCUT2D eigenvalue weighted by atomic mass is 32.2. The van der Waals surface area contributed by atoms with Crippen molar-refractivity contribution in [3.05, 3.63) is 0 Å². The normalized spacial score (nSPS) is 14.3. The molecule has 0 heterocycles. The van der Waals surface area contributed by atoms with E-state index in [1.807, 2.05) is 0 Å². The van der Waals surface area contributed by atoms with Crippen molar-refractivity contribution in [3.63, 3.8) is 0 Å². The minimum atomic E-state index is -4.90. The third kappa shape index (κ3) is 7.45. The third-order valence-corrected chi connectivity index (χ3v) is 3.10. The van der Waals surface area contributed by atoms with Crippen molar-refractivity contribution in [2.75, 3.05) is 18.9 Å². The van der Waals surface area contributed by atoms with Gasteiger partial charge in [0.1, 0.15) is 0 Å². The smallest absolute Gasteiger partial charge is 0.415 e. The Labute approximate surface area is 102 Å². The number of hydrogen-bond donors (Lipinski definition) is 2. The van der Waals surface area contributed by atoms with E-state index < -0.39 is 47.0 Å². The Hall–Kier alpha value is -0.870. The highest BCUT2D eigenvalue weighted by Gasteiger charge is 2.38. The summed E-state index contributed by atoms with van der Waals surface area (Å²) in [5, 5.41) is 8.57. The molecule has 0 spiro atoms. The van der Waals surface area contributed by atoms with Gasteiger partial charge in [-0.3, -0.25) is 4.79 Å². The molecule has 0 rings (SSSR count). The molecule has 0 aliphatic rings. The minimum Gasteiger partial charge on any atom is -0.466 e. The van der Waals surface area contributed by atoms with Gasteiger partial charge in [0.2, 0.25) is 10.0 Å². The molecule has 0 aromatic carbocycles. The van der Waals surface area contributed by atoms with Crippen LogP contribution in [0.3, 0.4) is 0 Å². The van der Waals surface area contributed by atoms with Crippen molar-refractivity contribution < 1.29 is 36.2 Å². The van der Waals surface area contributed by atoms with Crippen molar-refractivity contribution in [1.29, 1.82) is 0 Å². The van der Waals surface area contributed by atoms with E-state index >= 15 is 0 Å². The largest absolute Gasteiger partial charge is 0.466 e. The van der Waals surface area contributed by atoms with E-state index in [1.165, 1.54) is 6.92 Å². The maximum absolute atomic E-state index is 11.9. The number of halogens is 3. The third-order valence-electron chi connectivity index (χ3n) is 1.75. The van der Waals surface area contributed by atoms with Crippen LogP contribution in [0.15, 0.2) is 0 Å². The van der Waals surface area contributed by atoms with Gasteiger partial charge in [-0.05, 0) is 6.92 Å². The van der Waals surface area contributed by atoms with Gasteiger partial charge >= 0.3 is 12.1 Å². The number of sulfonamides is 1. The predicted octanol–water partition coefficient (Wildman–Crippen LogP) is -0.218. The Kier molecular flexibility index (Phi) is 6.57. The fraction of sp³-hybridized carbons (Fsp3) is 0.875. The number of carbonyl (C=O) groups excluding carboxylic acids is 1. The zero-order valence-corrected chi connectivity index (χ0v) is 10.3. The van der Waals surface area contributed by atoms with Crippen LogP contribution in [-0.4, -0.2) is 50.7 Å². The zero-order valence-electron chi connectivity index (χ0n) is 9.53. The molecule has 0 bridgehead atoms. The standard InChI is InChI=1S/C8H14F3NO5S/c1-2-17-7(14)3-4-18(15,16)12-5-6(13)8(9,10)11/h6,12-13H,2-5H2,1H3. The van der Waals surface area contributed by atoms with Gasteiger partial charge in [-0.15, -0.1) is 0 Å². The zero-order chi connectivity index (χ0) is 14.4. The molecule has 18 heavy (non-hydrogen) atoms. The molecule has 6 nitrogen and oxygen atoms in total. The minimum absolute atomic E-state index is 0.0824. The van der Waals surface area contributed by atoms with E-state index in [4.69, 9.17) is 5.11 Å². The highest BCUT2D eigenvalue weighted by molar-refractivity contribution is 7.89. The van der Waals surface area contributed by atoms with Crippen LogP contribution < -0.4 is 4.72 Å². The molecule has 0 aliphatic heterocycles. The van der Waals surface area contributed by atoms with Crippen LogP contribution in [0.1, 0.15) is 13.3 Å². The van der Waals surface area contributed by atoms with Crippen molar-refractivity contribution in [2.24, 2.45) is 0 Å². The lowest BCUT2D eigenvalue weighted by Crippen LogP contribution is -2.41. The summed E-state index contributed by atoms with van der Waals surface area (Å²) in [4.78, 5) is 10.8. The summed E-state index contributed by atoms with van der Waals surface area (Å²) in [5.41, 5.74) is 0. The molecule has 1 atom stereocenters. The van der Waals surface area contributed by atoms with Crippen LogP contribution in [0.4, 0.5) is 13.2 Å². The van der Waals surface area contributed by atoms with Gasteiger partial charge in [0.25, 0.3) is 0 Å². The van der Waals surface area contributed by atoms with Crippen LogP contribution in [0.5, 0.6) is 0 Å². The van der Waals surface area contributed by atoms with Crippen molar-refractivity contribution in [3.8, 4) is 0 Å². The molecule has 0 saturated carbocycles. The molecule has 0 aromatic rings. The maximum Gasteiger partial charge on any atom is 0.415 e. The van der Waals surface area contributed by atoms with Gasteiger partial charge in [-0.25, -0.2) is 13.1 Å². The van der Waals surface area contributed by atoms with E-state index in [1.54, 1.807) is 4.72 Å². The van der Waals surface area contributed by atoms with Gasteiger partial charge < -0.3 is 9.84 Å². The summed E-state index contributed by atoms with van der Waals surface area (Å²) in [5.74, 6) is -1.46. The molecular formula is C8H14F3NO5S. The summed E-state index contributed by atoms with van der Waals surface area (Å²) in [7, 11) is -4.06. The van der Waals surface area contributed by atoms with Gasteiger partial charge in [-0.2, -0.15) is 13.2 Å².